The quantitative estimate of drug-likeness (QED) is 0.209. The first-order chi connectivity index (χ1) is 22.2. The summed E-state index contributed by atoms with van der Waals surface area (Å²) in [7, 11) is 2.03. The van der Waals surface area contributed by atoms with Crippen molar-refractivity contribution in [1.82, 2.24) is 34.2 Å². The van der Waals surface area contributed by atoms with Gasteiger partial charge in [-0.05, 0) is 56.8 Å². The highest BCUT2D eigenvalue weighted by molar-refractivity contribution is 6.21. The van der Waals surface area contributed by atoms with E-state index >= 15 is 0 Å². The number of benzene rings is 1. The van der Waals surface area contributed by atoms with Crippen LogP contribution < -0.4 is 11.1 Å². The molecule has 1 saturated carbocycles. The average molecular weight is 630 g/mol. The summed E-state index contributed by atoms with van der Waals surface area (Å²) in [6.07, 6.45) is 5.44. The third-order valence-corrected chi connectivity index (χ3v) is 8.47. The number of halogens is 2. The number of rotatable bonds is 9. The second-order valence-corrected chi connectivity index (χ2v) is 11.6. The van der Waals surface area contributed by atoms with Crippen LogP contribution in [0.25, 0.3) is 5.65 Å². The fourth-order valence-electron chi connectivity index (χ4n) is 6.06. The zero-order valence-electron chi connectivity index (χ0n) is 25.2. The van der Waals surface area contributed by atoms with Gasteiger partial charge in [0, 0.05) is 31.9 Å². The molecule has 12 nitrogen and oxygen atoms in total. The van der Waals surface area contributed by atoms with Gasteiger partial charge in [-0.3, -0.25) is 24.0 Å². The Morgan fingerprint density at radius 2 is 1.83 bits per heavy atom. The first kappa shape index (κ1) is 30.8. The summed E-state index contributed by atoms with van der Waals surface area (Å²) in [4.78, 5) is 45.4. The number of fused-ring (bicyclic) bond motifs is 2. The fourth-order valence-corrected chi connectivity index (χ4v) is 6.06. The molecule has 0 bridgehead atoms. The number of imide groups is 1. The average Bonchev–Trinajstić information content (AvgIpc) is 3.72. The summed E-state index contributed by atoms with van der Waals surface area (Å²) < 4.78 is 30.8. The van der Waals surface area contributed by atoms with Crippen molar-refractivity contribution in [3.8, 4) is 11.8 Å². The van der Waals surface area contributed by atoms with E-state index in [1.807, 2.05) is 7.05 Å². The van der Waals surface area contributed by atoms with Crippen LogP contribution in [0.3, 0.4) is 0 Å². The summed E-state index contributed by atoms with van der Waals surface area (Å²) >= 11 is 0. The Bertz CT molecular complexity index is 1810. The molecule has 1 aliphatic heterocycles. The molecule has 46 heavy (non-hydrogen) atoms. The Kier molecular flexibility index (Phi) is 8.76. The van der Waals surface area contributed by atoms with Gasteiger partial charge in [-0.2, -0.15) is 10.2 Å². The number of amides is 3. The van der Waals surface area contributed by atoms with Crippen LogP contribution in [0.5, 0.6) is 0 Å². The first-order valence-corrected chi connectivity index (χ1v) is 15.1. The van der Waals surface area contributed by atoms with Crippen molar-refractivity contribution in [2.45, 2.75) is 44.6 Å². The van der Waals surface area contributed by atoms with E-state index in [9.17, 15) is 23.2 Å². The van der Waals surface area contributed by atoms with Crippen LogP contribution in [0, 0.1) is 17.8 Å². The van der Waals surface area contributed by atoms with E-state index in [4.69, 9.17) is 5.73 Å². The molecule has 3 amide bonds. The Labute approximate surface area is 263 Å². The number of anilines is 2. The van der Waals surface area contributed by atoms with Gasteiger partial charge in [0.25, 0.3) is 24.1 Å². The number of alkyl halides is 2. The number of nitrogens with zero attached hydrogens (tertiary/aromatic N) is 7. The van der Waals surface area contributed by atoms with Crippen molar-refractivity contribution < 1.29 is 23.2 Å². The molecule has 3 aromatic heterocycles. The van der Waals surface area contributed by atoms with Gasteiger partial charge in [-0.25, -0.2) is 18.3 Å². The molecule has 6 rings (SSSR count). The van der Waals surface area contributed by atoms with Crippen LogP contribution >= 0.6 is 0 Å². The molecule has 1 fully saturated rings. The van der Waals surface area contributed by atoms with E-state index in [1.54, 1.807) is 35.1 Å². The lowest BCUT2D eigenvalue weighted by Gasteiger charge is -2.31. The Hall–Kier alpha value is -5.16. The molecular weight excluding hydrogens is 596 g/mol. The molecular formula is C32H33F2N9O3. The smallest absolute Gasteiger partial charge is 0.284 e. The lowest BCUT2D eigenvalue weighted by molar-refractivity contribution is 0.0674. The zero-order valence-corrected chi connectivity index (χ0v) is 25.2. The molecule has 0 saturated heterocycles. The molecule has 1 aliphatic carbocycles. The second-order valence-electron chi connectivity index (χ2n) is 11.6. The van der Waals surface area contributed by atoms with Crippen molar-refractivity contribution in [1.29, 1.82) is 0 Å². The number of carbonyl (C=O) groups is 3. The highest BCUT2D eigenvalue weighted by Gasteiger charge is 2.34. The number of hydrogen-bond acceptors (Lipinski definition) is 8. The molecule has 2 aliphatic rings. The van der Waals surface area contributed by atoms with E-state index in [1.165, 1.54) is 27.9 Å². The second kappa shape index (κ2) is 13.1. The lowest BCUT2D eigenvalue weighted by atomic mass is 9.86. The standard InChI is InChI=1S/C32H33F2N9O3/c1-40(14-5-2-6-15-41-31(45)22-7-3-4-8-23(22)32(41)46)18-20-9-11-21(12-10-20)43-19-25(27(39-43)28(33)34)37-30(44)24-17-36-42-16-13-26(35)38-29(24)42/h3-4,7-8,13,16-17,19-21,28H,5,9-12,14-15,18H2,1H3,(H2,35,38)(H,37,44). The number of carbonyl (C=O) groups excluding carboxylic acids is 3. The normalized spacial score (nSPS) is 17.9. The Morgan fingerprint density at radius 3 is 2.52 bits per heavy atom. The Balaban J connectivity index is 0.978. The predicted molar refractivity (Wildman–Crippen MR) is 165 cm³/mol. The van der Waals surface area contributed by atoms with Gasteiger partial charge in [-0.15, -0.1) is 5.92 Å². The van der Waals surface area contributed by atoms with Crippen molar-refractivity contribution in [2.75, 3.05) is 37.7 Å². The van der Waals surface area contributed by atoms with Gasteiger partial charge in [0.2, 0.25) is 0 Å². The number of aromatic nitrogens is 5. The van der Waals surface area contributed by atoms with Crippen LogP contribution in [0.2, 0.25) is 0 Å². The highest BCUT2D eigenvalue weighted by Crippen LogP contribution is 2.35. The predicted octanol–water partition coefficient (Wildman–Crippen LogP) is 4.05. The summed E-state index contributed by atoms with van der Waals surface area (Å²) in [6, 6.07) is 8.26. The van der Waals surface area contributed by atoms with E-state index in [2.05, 4.69) is 37.2 Å². The molecule has 4 aromatic rings. The molecule has 3 N–H and O–H groups in total. The number of hydrogen-bond donors (Lipinski definition) is 2. The van der Waals surface area contributed by atoms with E-state index < -0.39 is 18.0 Å². The number of nitrogens with two attached hydrogens (primary N) is 1. The van der Waals surface area contributed by atoms with E-state index in [-0.39, 0.29) is 47.1 Å². The van der Waals surface area contributed by atoms with Crippen LogP contribution in [0.15, 0.2) is 48.9 Å². The van der Waals surface area contributed by atoms with Crippen LogP contribution in [0.1, 0.15) is 81.3 Å². The lowest BCUT2D eigenvalue weighted by Crippen LogP contribution is -2.30. The topological polar surface area (TPSA) is 144 Å². The van der Waals surface area contributed by atoms with Crippen LogP contribution in [-0.2, 0) is 0 Å². The maximum absolute atomic E-state index is 13.9. The highest BCUT2D eigenvalue weighted by atomic mass is 19.3. The van der Waals surface area contributed by atoms with Crippen molar-refractivity contribution in [2.24, 2.45) is 5.92 Å². The number of nitrogens with one attached hydrogen (secondary N) is 1. The maximum Gasteiger partial charge on any atom is 0.284 e. The van der Waals surface area contributed by atoms with Crippen molar-refractivity contribution in [3.05, 3.63) is 71.3 Å². The number of nitrogen functional groups attached to an aromatic ring is 1. The SMILES string of the molecule is CN(CCC#CCN1C(=O)c2ccccc2C1=O)CC1CCC(n2cc(NC(=O)c3cnn4ccc(N)nc34)c(C(F)F)n2)CC1. The summed E-state index contributed by atoms with van der Waals surface area (Å²) in [5.74, 6) is 5.42. The first-order valence-electron chi connectivity index (χ1n) is 15.1. The summed E-state index contributed by atoms with van der Waals surface area (Å²) in [5.41, 5.74) is 6.38. The van der Waals surface area contributed by atoms with E-state index in [0.29, 0.717) is 23.5 Å². The molecule has 0 spiro atoms. The summed E-state index contributed by atoms with van der Waals surface area (Å²) in [5, 5.41) is 10.8. The van der Waals surface area contributed by atoms with Crippen molar-refractivity contribution in [3.63, 3.8) is 0 Å². The van der Waals surface area contributed by atoms with Gasteiger partial charge >= 0.3 is 0 Å². The largest absolute Gasteiger partial charge is 0.384 e. The molecule has 0 unspecified atom stereocenters. The van der Waals surface area contributed by atoms with Crippen molar-refractivity contribution >= 4 is 34.9 Å². The zero-order chi connectivity index (χ0) is 32.4. The van der Waals surface area contributed by atoms with Gasteiger partial charge < -0.3 is 16.0 Å². The minimum atomic E-state index is -2.87. The Morgan fingerprint density at radius 1 is 1.11 bits per heavy atom. The monoisotopic (exact) mass is 629 g/mol. The minimum Gasteiger partial charge on any atom is -0.384 e. The molecule has 14 heteroatoms. The third kappa shape index (κ3) is 6.32. The fraction of sp³-hybridized carbons (Fsp3) is 0.375. The van der Waals surface area contributed by atoms with Gasteiger partial charge in [0.1, 0.15) is 11.4 Å². The molecule has 4 heterocycles. The van der Waals surface area contributed by atoms with Gasteiger partial charge in [-0.1, -0.05) is 18.1 Å². The molecule has 238 valence electrons. The van der Waals surface area contributed by atoms with Gasteiger partial charge in [0.15, 0.2) is 11.3 Å². The van der Waals surface area contributed by atoms with E-state index in [0.717, 1.165) is 38.8 Å². The maximum atomic E-state index is 13.9. The summed E-state index contributed by atoms with van der Waals surface area (Å²) in [6.45, 7) is 1.68. The minimum absolute atomic E-state index is 0.0470. The van der Waals surface area contributed by atoms with Crippen LogP contribution in [-0.4, -0.2) is 78.6 Å². The molecule has 0 radical (unpaired) electrons. The van der Waals surface area contributed by atoms with Crippen LogP contribution in [0.4, 0.5) is 20.3 Å². The molecule has 0 atom stereocenters. The third-order valence-electron chi connectivity index (χ3n) is 8.47. The molecule has 1 aromatic carbocycles. The van der Waals surface area contributed by atoms with Gasteiger partial charge in [0.05, 0.1) is 35.6 Å².